The van der Waals surface area contributed by atoms with E-state index in [1.54, 1.807) is 0 Å². The van der Waals surface area contributed by atoms with E-state index in [9.17, 15) is 0 Å². The lowest BCUT2D eigenvalue weighted by Crippen LogP contribution is -2.21. The van der Waals surface area contributed by atoms with Crippen LogP contribution in [0.3, 0.4) is 0 Å². The topological polar surface area (TPSA) is 34.0 Å². The monoisotopic (exact) mass is 292 g/mol. The second kappa shape index (κ2) is 5.54. The number of aromatic nitrogens is 3. The number of hydrogen-bond donors (Lipinski definition) is 0. The maximum absolute atomic E-state index is 4.90. The van der Waals surface area contributed by atoms with E-state index in [4.69, 9.17) is 4.98 Å². The van der Waals surface area contributed by atoms with Gasteiger partial charge in [-0.05, 0) is 44.1 Å². The zero-order valence-electron chi connectivity index (χ0n) is 12.8. The van der Waals surface area contributed by atoms with Gasteiger partial charge < -0.3 is 4.57 Å². The lowest BCUT2D eigenvalue weighted by Gasteiger charge is -2.20. The van der Waals surface area contributed by atoms with E-state index in [-0.39, 0.29) is 0 Å². The second-order valence-corrected chi connectivity index (χ2v) is 6.03. The molecule has 3 heterocycles. The average Bonchev–Trinajstić information content (AvgIpc) is 3.12. The van der Waals surface area contributed by atoms with Gasteiger partial charge in [0, 0.05) is 6.20 Å². The van der Waals surface area contributed by atoms with E-state index < -0.39 is 0 Å². The number of nitrogens with zero attached hydrogens (tertiary/aromatic N) is 4. The van der Waals surface area contributed by atoms with Crippen LogP contribution in [0.25, 0.3) is 11.2 Å². The van der Waals surface area contributed by atoms with Crippen LogP contribution >= 0.6 is 0 Å². The third kappa shape index (κ3) is 2.29. The molecule has 0 aliphatic carbocycles. The molecule has 0 saturated carbocycles. The molecule has 4 rings (SSSR count). The molecule has 0 radical (unpaired) electrons. The van der Waals surface area contributed by atoms with Crippen LogP contribution in [0.1, 0.15) is 30.3 Å². The Hall–Kier alpha value is -2.20. The molecule has 0 amide bonds. The highest BCUT2D eigenvalue weighted by atomic mass is 15.2. The van der Waals surface area contributed by atoms with Gasteiger partial charge in [-0.25, -0.2) is 9.97 Å². The van der Waals surface area contributed by atoms with Crippen LogP contribution in [0.2, 0.25) is 0 Å². The van der Waals surface area contributed by atoms with Crippen molar-refractivity contribution in [3.63, 3.8) is 0 Å². The minimum absolute atomic E-state index is 0.401. The molecule has 0 N–H and O–H groups in total. The molecule has 1 aliphatic rings. The summed E-state index contributed by atoms with van der Waals surface area (Å²) in [5.74, 6) is 1.15. The van der Waals surface area contributed by atoms with Gasteiger partial charge in [0.15, 0.2) is 5.65 Å². The minimum atomic E-state index is 0.401. The van der Waals surface area contributed by atoms with Crippen molar-refractivity contribution in [2.45, 2.75) is 25.4 Å². The number of likely N-dealkylation sites (tertiary alicyclic amines) is 1. The van der Waals surface area contributed by atoms with Crippen molar-refractivity contribution in [3.8, 4) is 0 Å². The van der Waals surface area contributed by atoms with Gasteiger partial charge in [0.2, 0.25) is 0 Å². The first-order valence-electron chi connectivity index (χ1n) is 7.88. The summed E-state index contributed by atoms with van der Waals surface area (Å²) in [7, 11) is 2.19. The smallest absolute Gasteiger partial charge is 0.160 e. The molecule has 1 fully saturated rings. The zero-order valence-corrected chi connectivity index (χ0v) is 12.8. The van der Waals surface area contributed by atoms with Gasteiger partial charge in [-0.2, -0.15) is 0 Å². The number of rotatable bonds is 3. The third-order valence-corrected chi connectivity index (χ3v) is 4.54. The highest BCUT2D eigenvalue weighted by molar-refractivity contribution is 5.71. The summed E-state index contributed by atoms with van der Waals surface area (Å²) in [4.78, 5) is 11.9. The van der Waals surface area contributed by atoms with E-state index in [1.807, 2.05) is 12.3 Å². The van der Waals surface area contributed by atoms with Gasteiger partial charge in [0.25, 0.3) is 0 Å². The maximum Gasteiger partial charge on any atom is 0.160 e. The molecule has 1 atom stereocenters. The highest BCUT2D eigenvalue weighted by Gasteiger charge is 2.28. The molecule has 0 spiro atoms. The van der Waals surface area contributed by atoms with Gasteiger partial charge in [0.05, 0.1) is 12.6 Å². The SMILES string of the molecule is CN1CCCC1c1nc2cccnc2n1Cc1ccccc1. The number of hydrogen-bond acceptors (Lipinski definition) is 3. The largest absolute Gasteiger partial charge is 0.307 e. The number of imidazole rings is 1. The number of fused-ring (bicyclic) bond motifs is 1. The Kier molecular flexibility index (Phi) is 3.39. The minimum Gasteiger partial charge on any atom is -0.307 e. The van der Waals surface area contributed by atoms with Crippen molar-refractivity contribution >= 4 is 11.2 Å². The van der Waals surface area contributed by atoms with Gasteiger partial charge in [-0.1, -0.05) is 30.3 Å². The van der Waals surface area contributed by atoms with E-state index in [1.165, 1.54) is 18.4 Å². The molecular formula is C18H20N4. The summed E-state index contributed by atoms with van der Waals surface area (Å²) < 4.78 is 2.29. The summed E-state index contributed by atoms with van der Waals surface area (Å²) in [6.45, 7) is 1.97. The fourth-order valence-electron chi connectivity index (χ4n) is 3.39. The predicted octanol–water partition coefficient (Wildman–Crippen LogP) is 3.25. The summed E-state index contributed by atoms with van der Waals surface area (Å²) in [5.41, 5.74) is 3.27. The van der Waals surface area contributed by atoms with E-state index in [0.29, 0.717) is 6.04 Å². The molecule has 4 nitrogen and oxygen atoms in total. The maximum atomic E-state index is 4.90. The Morgan fingerprint density at radius 3 is 2.77 bits per heavy atom. The Morgan fingerprint density at radius 2 is 2.00 bits per heavy atom. The van der Waals surface area contributed by atoms with Crippen molar-refractivity contribution < 1.29 is 0 Å². The molecular weight excluding hydrogens is 272 g/mol. The zero-order chi connectivity index (χ0) is 14.9. The molecule has 4 heteroatoms. The molecule has 1 saturated heterocycles. The standard InChI is InChI=1S/C18H20N4/c1-21-12-6-10-16(21)18-20-15-9-5-11-19-17(15)22(18)13-14-7-3-2-4-8-14/h2-5,7-9,11,16H,6,10,12-13H2,1H3. The lowest BCUT2D eigenvalue weighted by atomic mass is 10.2. The van der Waals surface area contributed by atoms with Gasteiger partial charge >= 0.3 is 0 Å². The van der Waals surface area contributed by atoms with Gasteiger partial charge in [-0.3, -0.25) is 4.90 Å². The second-order valence-electron chi connectivity index (χ2n) is 6.03. The Labute approximate surface area is 130 Å². The van der Waals surface area contributed by atoms with Gasteiger partial charge in [-0.15, -0.1) is 0 Å². The molecule has 1 aromatic carbocycles. The van der Waals surface area contributed by atoms with E-state index in [2.05, 4.69) is 57.9 Å². The van der Waals surface area contributed by atoms with Crippen LogP contribution in [-0.2, 0) is 6.54 Å². The van der Waals surface area contributed by atoms with Gasteiger partial charge in [0.1, 0.15) is 11.3 Å². The van der Waals surface area contributed by atoms with E-state index >= 15 is 0 Å². The van der Waals surface area contributed by atoms with Crippen LogP contribution in [-0.4, -0.2) is 33.0 Å². The molecule has 112 valence electrons. The van der Waals surface area contributed by atoms with Crippen molar-refractivity contribution in [2.24, 2.45) is 0 Å². The summed E-state index contributed by atoms with van der Waals surface area (Å²) in [5, 5.41) is 0. The van der Waals surface area contributed by atoms with Crippen molar-refractivity contribution in [1.82, 2.24) is 19.4 Å². The first-order chi connectivity index (χ1) is 10.8. The van der Waals surface area contributed by atoms with Crippen LogP contribution in [0, 0.1) is 0 Å². The summed E-state index contributed by atoms with van der Waals surface area (Å²) >= 11 is 0. The van der Waals surface area contributed by atoms with Crippen LogP contribution in [0.5, 0.6) is 0 Å². The Balaban J connectivity index is 1.83. The summed E-state index contributed by atoms with van der Waals surface area (Å²) in [6, 6.07) is 15.0. The first-order valence-corrected chi connectivity index (χ1v) is 7.88. The van der Waals surface area contributed by atoms with Crippen molar-refractivity contribution in [1.29, 1.82) is 0 Å². The van der Waals surface area contributed by atoms with Crippen LogP contribution in [0.4, 0.5) is 0 Å². The van der Waals surface area contributed by atoms with Crippen molar-refractivity contribution in [3.05, 3.63) is 60.0 Å². The van der Waals surface area contributed by atoms with Crippen LogP contribution in [0.15, 0.2) is 48.7 Å². The average molecular weight is 292 g/mol. The Bertz CT molecular complexity index is 778. The van der Waals surface area contributed by atoms with Crippen molar-refractivity contribution in [2.75, 3.05) is 13.6 Å². The third-order valence-electron chi connectivity index (χ3n) is 4.54. The molecule has 3 aromatic rings. The lowest BCUT2D eigenvalue weighted by molar-refractivity contribution is 0.300. The molecule has 0 bridgehead atoms. The van der Waals surface area contributed by atoms with E-state index in [0.717, 1.165) is 30.1 Å². The fraction of sp³-hybridized carbons (Fsp3) is 0.333. The molecule has 1 aliphatic heterocycles. The number of benzene rings is 1. The predicted molar refractivity (Wildman–Crippen MR) is 87.7 cm³/mol. The normalized spacial score (nSPS) is 19.0. The quantitative estimate of drug-likeness (QED) is 0.743. The Morgan fingerprint density at radius 1 is 1.14 bits per heavy atom. The number of pyridine rings is 1. The molecule has 22 heavy (non-hydrogen) atoms. The highest BCUT2D eigenvalue weighted by Crippen LogP contribution is 2.31. The van der Waals surface area contributed by atoms with Crippen LogP contribution < -0.4 is 0 Å². The summed E-state index contributed by atoms with van der Waals surface area (Å²) in [6.07, 6.45) is 4.27. The molecule has 1 unspecified atom stereocenters. The first kappa shape index (κ1) is 13.5. The fourth-order valence-corrected chi connectivity index (χ4v) is 3.39. The molecule has 2 aromatic heterocycles.